The van der Waals surface area contributed by atoms with E-state index in [1.807, 2.05) is 24.3 Å². The van der Waals surface area contributed by atoms with Crippen molar-refractivity contribution in [1.29, 1.82) is 0 Å². The van der Waals surface area contributed by atoms with Crippen molar-refractivity contribution in [2.45, 2.75) is 109 Å². The standard InChI is InChI=1S/C29H48NO10P/c1-2-3-4-5-6-7-8-9-12-19-36-25-15-11-10-14-23(25)17-18-28(31)40-26-16-13-20-37-27(26)22-39-41(34,35)38-21-24(30)29(32)33/h10-11,14-15,24,26-27H,2-9,12-13,16-22,30H2,1H3,(H,32,33)(H,34,35)/t24-,26+,27-/m1/s1. The van der Waals surface area contributed by atoms with Crippen LogP contribution in [0.3, 0.4) is 0 Å². The molecule has 4 atom stereocenters. The van der Waals surface area contributed by atoms with Crippen LogP contribution < -0.4 is 10.5 Å². The summed E-state index contributed by atoms with van der Waals surface area (Å²) >= 11 is 0. The lowest BCUT2D eigenvalue weighted by Crippen LogP contribution is -2.40. The van der Waals surface area contributed by atoms with E-state index in [0.29, 0.717) is 32.5 Å². The first-order chi connectivity index (χ1) is 19.7. The number of nitrogens with two attached hydrogens (primary N) is 1. The number of carboxylic acid groups (broad SMARTS) is 1. The van der Waals surface area contributed by atoms with Gasteiger partial charge in [-0.15, -0.1) is 0 Å². The maximum atomic E-state index is 12.7. The molecule has 41 heavy (non-hydrogen) atoms. The van der Waals surface area contributed by atoms with Gasteiger partial charge in [-0.2, -0.15) is 0 Å². The molecule has 1 unspecified atom stereocenters. The normalized spacial score (nSPS) is 19.3. The highest BCUT2D eigenvalue weighted by molar-refractivity contribution is 7.47. The van der Waals surface area contributed by atoms with Gasteiger partial charge in [-0.3, -0.25) is 18.6 Å². The van der Waals surface area contributed by atoms with Gasteiger partial charge in [0, 0.05) is 13.0 Å². The van der Waals surface area contributed by atoms with Crippen molar-refractivity contribution in [3.63, 3.8) is 0 Å². The molecule has 12 heteroatoms. The van der Waals surface area contributed by atoms with Crippen LogP contribution in [-0.2, 0) is 39.1 Å². The van der Waals surface area contributed by atoms with Gasteiger partial charge < -0.3 is 29.9 Å². The van der Waals surface area contributed by atoms with E-state index in [1.54, 1.807) is 0 Å². The number of para-hydroxylation sites is 1. The first-order valence-corrected chi connectivity index (χ1v) is 16.3. The van der Waals surface area contributed by atoms with E-state index in [9.17, 15) is 19.0 Å². The number of carbonyl (C=O) groups is 2. The molecule has 1 heterocycles. The second kappa shape index (κ2) is 20.0. The maximum Gasteiger partial charge on any atom is 0.472 e. The predicted octanol–water partition coefficient (Wildman–Crippen LogP) is 5.17. The fourth-order valence-electron chi connectivity index (χ4n) is 4.46. The highest BCUT2D eigenvalue weighted by Gasteiger charge is 2.33. The van der Waals surface area contributed by atoms with Crippen molar-refractivity contribution < 1.29 is 47.4 Å². The zero-order valence-corrected chi connectivity index (χ0v) is 25.1. The van der Waals surface area contributed by atoms with Gasteiger partial charge in [0.1, 0.15) is 24.0 Å². The average molecular weight is 602 g/mol. The highest BCUT2D eigenvalue weighted by atomic mass is 31.2. The van der Waals surface area contributed by atoms with Crippen molar-refractivity contribution in [2.24, 2.45) is 5.73 Å². The van der Waals surface area contributed by atoms with Crippen LogP contribution in [0.25, 0.3) is 0 Å². The molecule has 1 aromatic carbocycles. The van der Waals surface area contributed by atoms with Crippen LogP contribution in [-0.4, -0.2) is 66.6 Å². The van der Waals surface area contributed by atoms with Crippen LogP contribution in [0.2, 0.25) is 0 Å². The highest BCUT2D eigenvalue weighted by Crippen LogP contribution is 2.43. The summed E-state index contributed by atoms with van der Waals surface area (Å²) in [6.45, 7) is 2.18. The molecule has 1 aliphatic heterocycles. The molecule has 1 fully saturated rings. The van der Waals surface area contributed by atoms with Crippen LogP contribution in [0, 0.1) is 0 Å². The number of hydrogen-bond donors (Lipinski definition) is 3. The summed E-state index contributed by atoms with van der Waals surface area (Å²) in [6.07, 6.45) is 11.5. The van der Waals surface area contributed by atoms with Crippen LogP contribution >= 0.6 is 7.82 Å². The minimum absolute atomic E-state index is 0.136. The second-order valence-corrected chi connectivity index (χ2v) is 11.8. The Bertz CT molecular complexity index is 946. The Morgan fingerprint density at radius 2 is 1.76 bits per heavy atom. The van der Waals surface area contributed by atoms with Gasteiger partial charge in [0.25, 0.3) is 0 Å². The number of carboxylic acids is 1. The fraction of sp³-hybridized carbons (Fsp3) is 0.724. The van der Waals surface area contributed by atoms with Gasteiger partial charge >= 0.3 is 19.8 Å². The molecular formula is C29H48NO10P. The number of aliphatic carboxylic acids is 1. The number of benzene rings is 1. The third-order valence-electron chi connectivity index (χ3n) is 6.88. The number of esters is 1. The molecular weight excluding hydrogens is 553 g/mol. The number of rotatable bonds is 22. The van der Waals surface area contributed by atoms with Crippen molar-refractivity contribution in [3.05, 3.63) is 29.8 Å². The summed E-state index contributed by atoms with van der Waals surface area (Å²) in [6, 6.07) is 6.21. The number of carbonyl (C=O) groups excluding carboxylic acids is 1. The monoisotopic (exact) mass is 601 g/mol. The summed E-state index contributed by atoms with van der Waals surface area (Å²) in [7, 11) is -4.57. The van der Waals surface area contributed by atoms with E-state index < -0.39 is 44.6 Å². The molecule has 0 saturated carbocycles. The van der Waals surface area contributed by atoms with Crippen molar-refractivity contribution in [1.82, 2.24) is 0 Å². The minimum atomic E-state index is -4.57. The predicted molar refractivity (Wildman–Crippen MR) is 154 cm³/mol. The number of phosphoric ester groups is 1. The summed E-state index contributed by atoms with van der Waals surface area (Å²) in [5.74, 6) is -1.02. The van der Waals surface area contributed by atoms with Crippen LogP contribution in [0.4, 0.5) is 0 Å². The molecule has 4 N–H and O–H groups in total. The van der Waals surface area contributed by atoms with Gasteiger partial charge in [-0.1, -0.05) is 76.5 Å². The molecule has 0 radical (unpaired) electrons. The number of hydrogen-bond acceptors (Lipinski definition) is 9. The Morgan fingerprint density at radius 1 is 1.07 bits per heavy atom. The lowest BCUT2D eigenvalue weighted by molar-refractivity contribution is -0.166. The lowest BCUT2D eigenvalue weighted by atomic mass is 10.1. The molecule has 0 aliphatic carbocycles. The van der Waals surface area contributed by atoms with Gasteiger partial charge in [-0.05, 0) is 37.3 Å². The SMILES string of the molecule is CCCCCCCCCCCOc1ccccc1CCC(=O)O[C@H]1CCCO[C@@H]1COP(=O)(O)OC[C@@H](N)C(=O)O. The number of phosphoric acid groups is 1. The number of ether oxygens (including phenoxy) is 3. The van der Waals surface area contributed by atoms with E-state index in [1.165, 1.54) is 44.9 Å². The number of aryl methyl sites for hydroxylation is 1. The van der Waals surface area contributed by atoms with Gasteiger partial charge in [0.2, 0.25) is 0 Å². The van der Waals surface area contributed by atoms with Crippen LogP contribution in [0.5, 0.6) is 5.75 Å². The molecule has 11 nitrogen and oxygen atoms in total. The third kappa shape index (κ3) is 15.2. The van der Waals surface area contributed by atoms with E-state index in [0.717, 1.165) is 24.2 Å². The number of unbranched alkanes of at least 4 members (excludes halogenated alkanes) is 8. The first kappa shape index (κ1) is 35.2. The van der Waals surface area contributed by atoms with E-state index in [2.05, 4.69) is 11.4 Å². The third-order valence-corrected chi connectivity index (χ3v) is 7.83. The van der Waals surface area contributed by atoms with E-state index in [4.69, 9.17) is 29.6 Å². The molecule has 1 aromatic rings. The van der Waals surface area contributed by atoms with E-state index in [-0.39, 0.29) is 13.0 Å². The van der Waals surface area contributed by atoms with Crippen molar-refractivity contribution in [3.8, 4) is 5.75 Å². The molecule has 0 spiro atoms. The smallest absolute Gasteiger partial charge is 0.472 e. The maximum absolute atomic E-state index is 12.7. The molecule has 2 rings (SSSR count). The minimum Gasteiger partial charge on any atom is -0.493 e. The van der Waals surface area contributed by atoms with Gasteiger partial charge in [-0.25, -0.2) is 4.57 Å². The first-order valence-electron chi connectivity index (χ1n) is 14.8. The van der Waals surface area contributed by atoms with Crippen molar-refractivity contribution >= 4 is 19.8 Å². The van der Waals surface area contributed by atoms with Crippen molar-refractivity contribution in [2.75, 3.05) is 26.4 Å². The molecule has 0 amide bonds. The topological polar surface area (TPSA) is 164 Å². The van der Waals surface area contributed by atoms with Gasteiger partial charge in [0.15, 0.2) is 0 Å². The van der Waals surface area contributed by atoms with Crippen LogP contribution in [0.1, 0.15) is 89.5 Å². The summed E-state index contributed by atoms with van der Waals surface area (Å²) in [5, 5.41) is 8.77. The largest absolute Gasteiger partial charge is 0.493 e. The molecule has 1 aliphatic rings. The molecule has 234 valence electrons. The Kier molecular flexibility index (Phi) is 17.2. The Hall–Kier alpha value is -2.01. The van der Waals surface area contributed by atoms with Crippen LogP contribution in [0.15, 0.2) is 24.3 Å². The summed E-state index contributed by atoms with van der Waals surface area (Å²) in [5.41, 5.74) is 6.21. The molecule has 1 saturated heterocycles. The second-order valence-electron chi connectivity index (χ2n) is 10.4. The summed E-state index contributed by atoms with van der Waals surface area (Å²) < 4.78 is 38.9. The quantitative estimate of drug-likeness (QED) is 0.0913. The lowest BCUT2D eigenvalue weighted by Gasteiger charge is -2.31. The Balaban J connectivity index is 1.72. The zero-order chi connectivity index (χ0) is 29.9. The molecule has 0 aromatic heterocycles. The van der Waals surface area contributed by atoms with Gasteiger partial charge in [0.05, 0.1) is 19.8 Å². The fourth-order valence-corrected chi connectivity index (χ4v) is 5.22. The Labute approximate surface area is 243 Å². The average Bonchev–Trinajstić information content (AvgIpc) is 2.96. The Morgan fingerprint density at radius 3 is 2.46 bits per heavy atom. The van der Waals surface area contributed by atoms with E-state index >= 15 is 0 Å². The zero-order valence-electron chi connectivity index (χ0n) is 24.2. The summed E-state index contributed by atoms with van der Waals surface area (Å²) in [4.78, 5) is 33.2. The molecule has 0 bridgehead atoms.